The number of nitrogens with one attached hydrogen (secondary N) is 1. The first kappa shape index (κ1) is 18.6. The number of aryl methyl sites for hydroxylation is 1. The van der Waals surface area contributed by atoms with Crippen LogP contribution in [0.5, 0.6) is 0 Å². The van der Waals surface area contributed by atoms with Gasteiger partial charge in [-0.3, -0.25) is 19.8 Å². The van der Waals surface area contributed by atoms with E-state index in [1.807, 2.05) is 37.3 Å². The zero-order chi connectivity index (χ0) is 18.5. The van der Waals surface area contributed by atoms with Gasteiger partial charge in [-0.2, -0.15) is 0 Å². The molecule has 3 rings (SSSR count). The molecule has 1 aromatic carbocycles. The standard InChI is InChI=1S/C16H15N5O2S3/c1-10-4-6-11(7-5-10)9-12-14(23)21(16(24)25-12)8-2-3-13(22)17-15-18-19-20-26-15/h4-7,9H,2-3,8H2,1H3,(H,17,18,20,22)/b12-9-. The molecule has 0 saturated carbocycles. The lowest BCUT2D eigenvalue weighted by atomic mass is 10.1. The van der Waals surface area contributed by atoms with E-state index in [-0.39, 0.29) is 18.2 Å². The Hall–Kier alpha value is -2.17. The number of benzene rings is 1. The lowest BCUT2D eigenvalue weighted by Gasteiger charge is -2.13. The summed E-state index contributed by atoms with van der Waals surface area (Å²) < 4.78 is 4.09. The number of thiocarbonyl (C=S) groups is 1. The SMILES string of the molecule is Cc1ccc(/C=C2\SC(=S)N(CCCC(=O)Nc3nnns3)C2=O)cc1. The Morgan fingerprint density at radius 1 is 1.35 bits per heavy atom. The number of rotatable bonds is 6. The van der Waals surface area contributed by atoms with Crippen LogP contribution in [0.1, 0.15) is 24.0 Å². The second-order valence-electron chi connectivity index (χ2n) is 5.56. The van der Waals surface area contributed by atoms with E-state index in [1.54, 1.807) is 4.90 Å². The Balaban J connectivity index is 1.54. The smallest absolute Gasteiger partial charge is 0.266 e. The third-order valence-electron chi connectivity index (χ3n) is 3.58. The minimum Gasteiger partial charge on any atom is -0.299 e. The second kappa shape index (κ2) is 8.47. The van der Waals surface area contributed by atoms with Gasteiger partial charge in [-0.15, -0.1) is 0 Å². The molecule has 1 fully saturated rings. The normalized spacial score (nSPS) is 15.7. The van der Waals surface area contributed by atoms with Crippen molar-refractivity contribution < 1.29 is 9.59 Å². The van der Waals surface area contributed by atoms with E-state index >= 15 is 0 Å². The highest BCUT2D eigenvalue weighted by Gasteiger charge is 2.31. The van der Waals surface area contributed by atoms with Crippen molar-refractivity contribution in [2.75, 3.05) is 11.9 Å². The molecule has 1 N–H and O–H groups in total. The van der Waals surface area contributed by atoms with Gasteiger partial charge in [0.15, 0.2) is 0 Å². The molecule has 0 unspecified atom stereocenters. The van der Waals surface area contributed by atoms with E-state index in [1.165, 1.54) is 11.8 Å². The van der Waals surface area contributed by atoms with E-state index in [0.717, 1.165) is 22.7 Å². The van der Waals surface area contributed by atoms with Gasteiger partial charge >= 0.3 is 0 Å². The molecule has 10 heteroatoms. The molecule has 2 amide bonds. The maximum Gasteiger partial charge on any atom is 0.266 e. The molecule has 134 valence electrons. The summed E-state index contributed by atoms with van der Waals surface area (Å²) >= 11 is 7.61. The fourth-order valence-electron chi connectivity index (χ4n) is 2.27. The second-order valence-corrected chi connectivity index (χ2v) is 7.97. The third kappa shape index (κ3) is 4.71. The van der Waals surface area contributed by atoms with Crippen LogP contribution < -0.4 is 5.32 Å². The van der Waals surface area contributed by atoms with Crippen LogP contribution in [0.3, 0.4) is 0 Å². The Kier molecular flexibility index (Phi) is 6.07. The van der Waals surface area contributed by atoms with E-state index in [4.69, 9.17) is 12.2 Å². The Bertz CT molecular complexity index is 849. The number of thioether (sulfide) groups is 1. The van der Waals surface area contributed by atoms with Crippen molar-refractivity contribution in [2.24, 2.45) is 0 Å². The molecule has 26 heavy (non-hydrogen) atoms. The molecule has 7 nitrogen and oxygen atoms in total. The summed E-state index contributed by atoms with van der Waals surface area (Å²) in [6.07, 6.45) is 2.60. The first-order valence-electron chi connectivity index (χ1n) is 7.80. The first-order valence-corrected chi connectivity index (χ1v) is 9.79. The Labute approximate surface area is 164 Å². The molecule has 0 aliphatic carbocycles. The summed E-state index contributed by atoms with van der Waals surface area (Å²) in [7, 11) is 0. The highest BCUT2D eigenvalue weighted by atomic mass is 32.2. The average molecular weight is 406 g/mol. The molecule has 1 aromatic heterocycles. The van der Waals surface area contributed by atoms with Crippen LogP contribution in [0, 0.1) is 6.92 Å². The Morgan fingerprint density at radius 3 is 2.81 bits per heavy atom. The third-order valence-corrected chi connectivity index (χ3v) is 5.47. The number of hydrogen-bond acceptors (Lipinski definition) is 8. The molecular formula is C16H15N5O2S3. The van der Waals surface area contributed by atoms with Gasteiger partial charge < -0.3 is 0 Å². The predicted octanol–water partition coefficient (Wildman–Crippen LogP) is 2.86. The maximum absolute atomic E-state index is 12.5. The number of anilines is 1. The first-order chi connectivity index (χ1) is 12.5. The van der Waals surface area contributed by atoms with Crippen LogP contribution in [-0.2, 0) is 9.59 Å². The fraction of sp³-hybridized carbons (Fsp3) is 0.250. The van der Waals surface area contributed by atoms with E-state index in [0.29, 0.717) is 27.3 Å². The molecule has 2 heterocycles. The maximum atomic E-state index is 12.5. The molecule has 1 aliphatic rings. The quantitative estimate of drug-likeness (QED) is 0.584. The average Bonchev–Trinajstić information content (AvgIpc) is 3.20. The number of carbonyl (C=O) groups is 2. The van der Waals surface area contributed by atoms with Crippen molar-refractivity contribution in [1.29, 1.82) is 0 Å². The highest BCUT2D eigenvalue weighted by molar-refractivity contribution is 8.26. The molecule has 1 saturated heterocycles. The zero-order valence-corrected chi connectivity index (χ0v) is 16.3. The molecule has 0 bridgehead atoms. The van der Waals surface area contributed by atoms with Crippen LogP contribution in [0.4, 0.5) is 5.13 Å². The van der Waals surface area contributed by atoms with Gasteiger partial charge in [-0.1, -0.05) is 63.4 Å². The molecule has 0 atom stereocenters. The van der Waals surface area contributed by atoms with Crippen molar-refractivity contribution >= 4 is 62.9 Å². The van der Waals surface area contributed by atoms with Crippen LogP contribution in [-0.4, -0.2) is 42.4 Å². The lowest BCUT2D eigenvalue weighted by Crippen LogP contribution is -2.29. The largest absolute Gasteiger partial charge is 0.299 e. The van der Waals surface area contributed by atoms with Gasteiger partial charge in [-0.25, -0.2) is 0 Å². The summed E-state index contributed by atoms with van der Waals surface area (Å²) in [6, 6.07) is 7.93. The van der Waals surface area contributed by atoms with Gasteiger partial charge in [0.25, 0.3) is 5.91 Å². The minimum absolute atomic E-state index is 0.116. The van der Waals surface area contributed by atoms with Gasteiger partial charge in [0.1, 0.15) is 4.32 Å². The fourth-order valence-corrected chi connectivity index (χ4v) is 3.96. The Morgan fingerprint density at radius 2 is 2.12 bits per heavy atom. The summed E-state index contributed by atoms with van der Waals surface area (Å²) in [6.45, 7) is 2.42. The van der Waals surface area contributed by atoms with Crippen molar-refractivity contribution in [2.45, 2.75) is 19.8 Å². The van der Waals surface area contributed by atoms with Gasteiger partial charge in [-0.05, 0) is 30.2 Å². The number of carbonyl (C=O) groups excluding carboxylic acids is 2. The summed E-state index contributed by atoms with van der Waals surface area (Å²) in [5.41, 5.74) is 2.12. The molecule has 1 aliphatic heterocycles. The van der Waals surface area contributed by atoms with Crippen LogP contribution in [0.25, 0.3) is 6.08 Å². The van der Waals surface area contributed by atoms with Crippen LogP contribution in [0.2, 0.25) is 0 Å². The van der Waals surface area contributed by atoms with E-state index in [9.17, 15) is 9.59 Å². The van der Waals surface area contributed by atoms with Crippen LogP contribution in [0.15, 0.2) is 29.2 Å². The van der Waals surface area contributed by atoms with Crippen LogP contribution >= 0.6 is 35.5 Å². The summed E-state index contributed by atoms with van der Waals surface area (Å²) in [5.74, 6) is -0.307. The number of nitrogens with zero attached hydrogens (tertiary/aromatic N) is 4. The number of aromatic nitrogens is 3. The van der Waals surface area contributed by atoms with Gasteiger partial charge in [0.2, 0.25) is 11.0 Å². The number of amides is 2. The van der Waals surface area contributed by atoms with E-state index < -0.39 is 0 Å². The van der Waals surface area contributed by atoms with Gasteiger partial charge in [0.05, 0.1) is 4.91 Å². The summed E-state index contributed by atoms with van der Waals surface area (Å²) in [5, 5.41) is 10.0. The zero-order valence-electron chi connectivity index (χ0n) is 13.8. The van der Waals surface area contributed by atoms with Crippen molar-refractivity contribution in [3.8, 4) is 0 Å². The summed E-state index contributed by atoms with van der Waals surface area (Å²) in [4.78, 5) is 26.5. The van der Waals surface area contributed by atoms with E-state index in [2.05, 4.69) is 20.1 Å². The molecule has 2 aromatic rings. The van der Waals surface area contributed by atoms with Gasteiger partial charge in [0, 0.05) is 24.5 Å². The van der Waals surface area contributed by atoms with Crippen molar-refractivity contribution in [3.05, 3.63) is 40.3 Å². The predicted molar refractivity (Wildman–Crippen MR) is 107 cm³/mol. The molecular weight excluding hydrogens is 390 g/mol. The highest BCUT2D eigenvalue weighted by Crippen LogP contribution is 2.32. The topological polar surface area (TPSA) is 88.1 Å². The minimum atomic E-state index is -0.191. The van der Waals surface area contributed by atoms with Crippen molar-refractivity contribution in [1.82, 2.24) is 19.7 Å². The molecule has 0 spiro atoms. The van der Waals surface area contributed by atoms with Crippen molar-refractivity contribution in [3.63, 3.8) is 0 Å². The molecule has 0 radical (unpaired) electrons. The number of hydrogen-bond donors (Lipinski definition) is 1. The lowest BCUT2D eigenvalue weighted by molar-refractivity contribution is -0.122. The monoisotopic (exact) mass is 405 g/mol.